The Bertz CT molecular complexity index is 328. The molecule has 0 saturated heterocycles. The molecular formula is C7H6N2O3. The Morgan fingerprint density at radius 2 is 2.00 bits per heavy atom. The fourth-order valence-electron chi connectivity index (χ4n) is 0.739. The van der Waals surface area contributed by atoms with Gasteiger partial charge in [0.05, 0.1) is 0 Å². The van der Waals surface area contributed by atoms with Crippen LogP contribution in [0.2, 0.25) is 0 Å². The standard InChI is InChI=1S/C7H6N2O3/c1-3-2-4(5(8)10)7(12)9-6(3)11/h2H,1H2,(H2,8,10)(H,9,11,12). The maximum Gasteiger partial charge on any atom is 0.263 e. The molecule has 0 spiro atoms. The molecular weight excluding hydrogens is 160 g/mol. The van der Waals surface area contributed by atoms with Crippen molar-refractivity contribution in [2.24, 2.45) is 5.73 Å². The molecule has 62 valence electrons. The summed E-state index contributed by atoms with van der Waals surface area (Å²) in [5.41, 5.74) is 4.64. The fourth-order valence-corrected chi connectivity index (χ4v) is 0.739. The number of carbonyl (C=O) groups is 3. The topological polar surface area (TPSA) is 89.3 Å². The van der Waals surface area contributed by atoms with E-state index in [0.29, 0.717) is 0 Å². The Balaban J connectivity index is 3.09. The van der Waals surface area contributed by atoms with Crippen LogP contribution in [0.5, 0.6) is 0 Å². The molecule has 0 unspecified atom stereocenters. The number of hydrogen-bond acceptors (Lipinski definition) is 3. The molecule has 1 aliphatic rings. The van der Waals surface area contributed by atoms with Crippen LogP contribution < -0.4 is 11.1 Å². The smallest absolute Gasteiger partial charge is 0.263 e. The van der Waals surface area contributed by atoms with Crippen LogP contribution in [0, 0.1) is 0 Å². The summed E-state index contributed by atoms with van der Waals surface area (Å²) in [6.45, 7) is 3.31. The second-order valence-corrected chi connectivity index (χ2v) is 2.23. The number of amides is 3. The van der Waals surface area contributed by atoms with E-state index in [2.05, 4.69) is 6.58 Å². The van der Waals surface area contributed by atoms with Gasteiger partial charge < -0.3 is 5.73 Å². The van der Waals surface area contributed by atoms with Crippen molar-refractivity contribution in [1.29, 1.82) is 0 Å². The minimum atomic E-state index is -0.874. The van der Waals surface area contributed by atoms with Crippen LogP contribution in [0.4, 0.5) is 0 Å². The monoisotopic (exact) mass is 166 g/mol. The molecule has 0 fully saturated rings. The van der Waals surface area contributed by atoms with Crippen LogP contribution in [-0.2, 0) is 14.4 Å². The molecule has 1 rings (SSSR count). The number of imide groups is 1. The van der Waals surface area contributed by atoms with E-state index in [1.54, 1.807) is 0 Å². The first-order valence-corrected chi connectivity index (χ1v) is 3.08. The van der Waals surface area contributed by atoms with E-state index in [9.17, 15) is 14.4 Å². The maximum atomic E-state index is 10.8. The molecule has 3 amide bonds. The first-order chi connectivity index (χ1) is 5.52. The van der Waals surface area contributed by atoms with Crippen molar-refractivity contribution >= 4 is 17.7 Å². The van der Waals surface area contributed by atoms with Crippen molar-refractivity contribution in [1.82, 2.24) is 5.32 Å². The van der Waals surface area contributed by atoms with Crippen LogP contribution in [0.25, 0.3) is 0 Å². The van der Waals surface area contributed by atoms with Gasteiger partial charge in [0.15, 0.2) is 0 Å². The summed E-state index contributed by atoms with van der Waals surface area (Å²) in [5, 5.41) is 1.91. The van der Waals surface area contributed by atoms with Gasteiger partial charge in [0.2, 0.25) is 0 Å². The average Bonchev–Trinajstić information content (AvgIpc) is 1.96. The summed E-state index contributed by atoms with van der Waals surface area (Å²) in [7, 11) is 0. The van der Waals surface area contributed by atoms with Crippen molar-refractivity contribution < 1.29 is 14.4 Å². The van der Waals surface area contributed by atoms with Crippen molar-refractivity contribution in [3.05, 3.63) is 23.8 Å². The van der Waals surface area contributed by atoms with Gasteiger partial charge in [-0.3, -0.25) is 19.7 Å². The summed E-state index contributed by atoms with van der Waals surface area (Å²) < 4.78 is 0. The van der Waals surface area contributed by atoms with E-state index in [4.69, 9.17) is 5.73 Å². The molecule has 5 nitrogen and oxygen atoms in total. The predicted octanol–water partition coefficient (Wildman–Crippen LogP) is -1.39. The molecule has 0 atom stereocenters. The first kappa shape index (κ1) is 8.19. The minimum Gasteiger partial charge on any atom is -0.365 e. The van der Waals surface area contributed by atoms with Crippen LogP contribution in [0.3, 0.4) is 0 Å². The second kappa shape index (κ2) is 2.61. The van der Waals surface area contributed by atoms with Crippen molar-refractivity contribution in [3.8, 4) is 0 Å². The Morgan fingerprint density at radius 1 is 1.42 bits per heavy atom. The van der Waals surface area contributed by atoms with E-state index in [0.717, 1.165) is 6.08 Å². The van der Waals surface area contributed by atoms with Gasteiger partial charge in [-0.1, -0.05) is 6.58 Å². The van der Waals surface area contributed by atoms with Crippen molar-refractivity contribution in [2.75, 3.05) is 0 Å². The number of nitrogens with one attached hydrogen (secondary N) is 1. The second-order valence-electron chi connectivity index (χ2n) is 2.23. The number of carbonyl (C=O) groups excluding carboxylic acids is 3. The zero-order chi connectivity index (χ0) is 9.30. The van der Waals surface area contributed by atoms with Gasteiger partial charge in [0.25, 0.3) is 17.7 Å². The third-order valence-corrected chi connectivity index (χ3v) is 1.35. The molecule has 5 heteroatoms. The highest BCUT2D eigenvalue weighted by Crippen LogP contribution is 2.06. The highest BCUT2D eigenvalue weighted by Gasteiger charge is 2.24. The normalized spacial score (nSPS) is 17.0. The quantitative estimate of drug-likeness (QED) is 0.285. The molecule has 3 N–H and O–H groups in total. The Kier molecular flexibility index (Phi) is 1.78. The molecule has 1 aliphatic heterocycles. The van der Waals surface area contributed by atoms with Crippen LogP contribution >= 0.6 is 0 Å². The molecule has 0 aromatic heterocycles. The minimum absolute atomic E-state index is 0.0448. The summed E-state index contributed by atoms with van der Waals surface area (Å²) in [5.74, 6) is -2.26. The van der Waals surface area contributed by atoms with Crippen molar-refractivity contribution in [2.45, 2.75) is 0 Å². The Hall–Kier alpha value is -1.91. The number of rotatable bonds is 1. The number of primary amides is 1. The summed E-state index contributed by atoms with van der Waals surface area (Å²) in [4.78, 5) is 32.2. The predicted molar refractivity (Wildman–Crippen MR) is 39.6 cm³/mol. The first-order valence-electron chi connectivity index (χ1n) is 3.08. The van der Waals surface area contributed by atoms with Crippen molar-refractivity contribution in [3.63, 3.8) is 0 Å². The van der Waals surface area contributed by atoms with Gasteiger partial charge >= 0.3 is 0 Å². The van der Waals surface area contributed by atoms with E-state index >= 15 is 0 Å². The number of hydrogen-bond donors (Lipinski definition) is 2. The molecule has 0 radical (unpaired) electrons. The number of nitrogens with two attached hydrogens (primary N) is 1. The molecule has 0 saturated carbocycles. The largest absolute Gasteiger partial charge is 0.365 e. The highest BCUT2D eigenvalue weighted by atomic mass is 16.2. The van der Waals surface area contributed by atoms with Gasteiger partial charge in [-0.05, 0) is 6.08 Å². The lowest BCUT2D eigenvalue weighted by atomic mass is 10.1. The van der Waals surface area contributed by atoms with Crippen LogP contribution in [0.15, 0.2) is 23.8 Å². The molecule has 0 aromatic rings. The lowest BCUT2D eigenvalue weighted by Crippen LogP contribution is -2.39. The van der Waals surface area contributed by atoms with Gasteiger partial charge in [0, 0.05) is 5.57 Å². The van der Waals surface area contributed by atoms with E-state index in [1.807, 2.05) is 5.32 Å². The summed E-state index contributed by atoms with van der Waals surface area (Å²) in [6, 6.07) is 0. The maximum absolute atomic E-state index is 10.8. The molecule has 0 aromatic carbocycles. The van der Waals surface area contributed by atoms with Gasteiger partial charge in [0.1, 0.15) is 5.57 Å². The Morgan fingerprint density at radius 3 is 2.50 bits per heavy atom. The van der Waals surface area contributed by atoms with E-state index in [1.165, 1.54) is 0 Å². The molecule has 12 heavy (non-hydrogen) atoms. The molecule has 0 aliphatic carbocycles. The molecule has 0 bridgehead atoms. The zero-order valence-corrected chi connectivity index (χ0v) is 6.09. The average molecular weight is 166 g/mol. The van der Waals surface area contributed by atoms with Gasteiger partial charge in [-0.15, -0.1) is 0 Å². The van der Waals surface area contributed by atoms with Gasteiger partial charge in [-0.25, -0.2) is 0 Å². The molecule has 1 heterocycles. The van der Waals surface area contributed by atoms with E-state index < -0.39 is 17.7 Å². The van der Waals surface area contributed by atoms with E-state index in [-0.39, 0.29) is 11.1 Å². The Labute approximate surface area is 67.9 Å². The highest BCUT2D eigenvalue weighted by molar-refractivity contribution is 6.26. The summed E-state index contributed by atoms with van der Waals surface area (Å²) >= 11 is 0. The SMILES string of the molecule is C=C1C=C(C(N)=O)C(=O)NC1=O. The fraction of sp³-hybridized carbons (Fsp3) is 0. The van der Waals surface area contributed by atoms with Gasteiger partial charge in [-0.2, -0.15) is 0 Å². The zero-order valence-electron chi connectivity index (χ0n) is 6.09. The summed E-state index contributed by atoms with van der Waals surface area (Å²) in [6.07, 6.45) is 1.07. The van der Waals surface area contributed by atoms with Crippen LogP contribution in [0.1, 0.15) is 0 Å². The van der Waals surface area contributed by atoms with Crippen LogP contribution in [-0.4, -0.2) is 17.7 Å². The third-order valence-electron chi connectivity index (χ3n) is 1.35. The third kappa shape index (κ3) is 1.24. The lowest BCUT2D eigenvalue weighted by Gasteiger charge is -2.10. The lowest BCUT2D eigenvalue weighted by molar-refractivity contribution is -0.128.